The Morgan fingerprint density at radius 2 is 2.25 bits per heavy atom. The number of rotatable bonds is 7. The van der Waals surface area contributed by atoms with Gasteiger partial charge in [0.2, 0.25) is 0 Å². The Kier molecular flexibility index (Phi) is 5.40. The van der Waals surface area contributed by atoms with E-state index in [9.17, 15) is 0 Å². The van der Waals surface area contributed by atoms with Crippen LogP contribution in [0.3, 0.4) is 0 Å². The Labute approximate surface area is 122 Å². The van der Waals surface area contributed by atoms with E-state index in [-0.39, 0.29) is 6.04 Å². The third-order valence-corrected chi connectivity index (χ3v) is 3.72. The van der Waals surface area contributed by atoms with E-state index >= 15 is 0 Å². The smallest absolute Gasteiger partial charge is 0.137 e. The number of hydrogen-bond donors (Lipinski definition) is 2. The van der Waals surface area contributed by atoms with Crippen LogP contribution in [-0.2, 0) is 6.42 Å². The Balaban J connectivity index is 2.27. The van der Waals surface area contributed by atoms with Gasteiger partial charge in [-0.3, -0.25) is 10.8 Å². The molecular weight excluding hydrogens is 274 g/mol. The van der Waals surface area contributed by atoms with E-state index in [1.54, 1.807) is 12.4 Å². The van der Waals surface area contributed by atoms with Gasteiger partial charge in [0.1, 0.15) is 5.75 Å². The topological polar surface area (TPSA) is 86.0 Å². The molecule has 20 heavy (non-hydrogen) atoms. The summed E-state index contributed by atoms with van der Waals surface area (Å²) in [5.74, 6) is 6.45. The number of nitrogens with two attached hydrogens (primary N) is 1. The summed E-state index contributed by atoms with van der Waals surface area (Å²) < 4.78 is 9.61. The molecule has 108 valence electrons. The molecule has 7 heteroatoms. The molecule has 6 nitrogen and oxygen atoms in total. The van der Waals surface area contributed by atoms with Crippen molar-refractivity contribution >= 4 is 11.5 Å². The van der Waals surface area contributed by atoms with Crippen molar-refractivity contribution in [3.63, 3.8) is 0 Å². The minimum atomic E-state index is -0.164. The summed E-state index contributed by atoms with van der Waals surface area (Å²) in [6, 6.07) is 1.79. The number of ether oxygens (including phenoxy) is 1. The Morgan fingerprint density at radius 3 is 2.95 bits per heavy atom. The van der Waals surface area contributed by atoms with Gasteiger partial charge >= 0.3 is 0 Å². The third kappa shape index (κ3) is 3.30. The molecule has 0 bridgehead atoms. The van der Waals surface area contributed by atoms with Crippen LogP contribution in [0.15, 0.2) is 18.5 Å². The standard InChI is InChI=1S/C13H19N5OS/c1-3-5-19-10-6-9(7-15-8-10)12(16-14)13-11(4-2)17-18-20-13/h6-8,12,16H,3-5,14H2,1-2H3. The molecule has 2 aromatic heterocycles. The van der Waals surface area contributed by atoms with Crippen LogP contribution >= 0.6 is 11.5 Å². The van der Waals surface area contributed by atoms with Gasteiger partial charge in [0, 0.05) is 6.20 Å². The van der Waals surface area contributed by atoms with Gasteiger partial charge in [-0.05, 0) is 36.0 Å². The summed E-state index contributed by atoms with van der Waals surface area (Å²) in [5, 5.41) is 4.12. The molecule has 0 amide bonds. The van der Waals surface area contributed by atoms with E-state index < -0.39 is 0 Å². The average Bonchev–Trinajstić information content (AvgIpc) is 2.95. The van der Waals surface area contributed by atoms with E-state index in [2.05, 4.69) is 26.9 Å². The SMILES string of the molecule is CCCOc1cncc(C(NN)c2snnc2CC)c1. The van der Waals surface area contributed by atoms with Gasteiger partial charge in [0.15, 0.2) is 0 Å². The van der Waals surface area contributed by atoms with E-state index in [1.807, 2.05) is 13.0 Å². The molecule has 0 aliphatic heterocycles. The highest BCUT2D eigenvalue weighted by Gasteiger charge is 2.20. The maximum Gasteiger partial charge on any atom is 0.137 e. The van der Waals surface area contributed by atoms with E-state index in [0.717, 1.165) is 34.7 Å². The van der Waals surface area contributed by atoms with Crippen molar-refractivity contribution < 1.29 is 4.74 Å². The maximum atomic E-state index is 5.70. The summed E-state index contributed by atoms with van der Waals surface area (Å²) in [6.45, 7) is 4.79. The van der Waals surface area contributed by atoms with Crippen LogP contribution in [0, 0.1) is 0 Å². The van der Waals surface area contributed by atoms with Gasteiger partial charge in [0.05, 0.1) is 29.4 Å². The van der Waals surface area contributed by atoms with Crippen LogP contribution in [0.5, 0.6) is 5.75 Å². The number of aromatic nitrogens is 3. The largest absolute Gasteiger partial charge is 0.492 e. The van der Waals surface area contributed by atoms with Crippen LogP contribution < -0.4 is 16.0 Å². The Morgan fingerprint density at radius 1 is 1.40 bits per heavy atom. The quantitative estimate of drug-likeness (QED) is 0.598. The fraction of sp³-hybridized carbons (Fsp3) is 0.462. The van der Waals surface area contributed by atoms with Crippen molar-refractivity contribution in [2.75, 3.05) is 6.61 Å². The molecule has 0 saturated heterocycles. The zero-order valence-electron chi connectivity index (χ0n) is 11.7. The molecule has 3 N–H and O–H groups in total. The molecule has 0 aliphatic carbocycles. The lowest BCUT2D eigenvalue weighted by Crippen LogP contribution is -2.29. The second-order valence-corrected chi connectivity index (χ2v) is 5.13. The average molecular weight is 293 g/mol. The van der Waals surface area contributed by atoms with Gasteiger partial charge in [-0.15, -0.1) is 5.10 Å². The fourth-order valence-electron chi connectivity index (χ4n) is 1.90. The van der Waals surface area contributed by atoms with Gasteiger partial charge in [-0.2, -0.15) is 0 Å². The molecule has 0 radical (unpaired) electrons. The number of nitrogens with one attached hydrogen (secondary N) is 1. The molecule has 0 saturated carbocycles. The van der Waals surface area contributed by atoms with Crippen LogP contribution in [-0.4, -0.2) is 21.2 Å². The fourth-order valence-corrected chi connectivity index (χ4v) is 2.72. The zero-order valence-corrected chi connectivity index (χ0v) is 12.5. The van der Waals surface area contributed by atoms with Crippen molar-refractivity contribution in [1.29, 1.82) is 0 Å². The minimum absolute atomic E-state index is 0.164. The predicted octanol–water partition coefficient (Wildman–Crippen LogP) is 1.84. The number of hydrazine groups is 1. The zero-order chi connectivity index (χ0) is 14.4. The first-order chi connectivity index (χ1) is 9.80. The van der Waals surface area contributed by atoms with Gasteiger partial charge < -0.3 is 4.74 Å². The first-order valence-electron chi connectivity index (χ1n) is 6.65. The normalized spacial score (nSPS) is 12.3. The maximum absolute atomic E-state index is 5.70. The van der Waals surface area contributed by atoms with Crippen LogP contribution in [0.2, 0.25) is 0 Å². The predicted molar refractivity (Wildman–Crippen MR) is 78.5 cm³/mol. The summed E-state index contributed by atoms with van der Waals surface area (Å²) in [7, 11) is 0. The van der Waals surface area contributed by atoms with Gasteiger partial charge in [-0.1, -0.05) is 18.3 Å². The van der Waals surface area contributed by atoms with Crippen molar-refractivity contribution in [2.45, 2.75) is 32.7 Å². The summed E-state index contributed by atoms with van der Waals surface area (Å²) >= 11 is 1.35. The second-order valence-electron chi connectivity index (χ2n) is 4.34. The lowest BCUT2D eigenvalue weighted by Gasteiger charge is -2.16. The lowest BCUT2D eigenvalue weighted by atomic mass is 10.1. The monoisotopic (exact) mass is 293 g/mol. The summed E-state index contributed by atoms with van der Waals surface area (Å²) in [6.07, 6.45) is 5.27. The van der Waals surface area contributed by atoms with Crippen molar-refractivity contribution in [1.82, 2.24) is 20.0 Å². The second kappa shape index (κ2) is 7.28. The molecule has 1 unspecified atom stereocenters. The van der Waals surface area contributed by atoms with Gasteiger partial charge in [-0.25, -0.2) is 5.43 Å². The third-order valence-electron chi connectivity index (χ3n) is 2.89. The van der Waals surface area contributed by atoms with E-state index in [4.69, 9.17) is 10.6 Å². The minimum Gasteiger partial charge on any atom is -0.492 e. The molecule has 2 heterocycles. The first-order valence-corrected chi connectivity index (χ1v) is 7.42. The first kappa shape index (κ1) is 14.8. The Hall–Kier alpha value is -1.57. The molecule has 0 aromatic carbocycles. The summed E-state index contributed by atoms with van der Waals surface area (Å²) in [5.41, 5.74) is 4.72. The van der Waals surface area contributed by atoms with Crippen LogP contribution in [0.25, 0.3) is 0 Å². The number of aryl methyl sites for hydroxylation is 1. The van der Waals surface area contributed by atoms with E-state index in [0.29, 0.717) is 6.61 Å². The molecule has 0 fully saturated rings. The van der Waals surface area contributed by atoms with E-state index in [1.165, 1.54) is 11.5 Å². The van der Waals surface area contributed by atoms with Crippen LogP contribution in [0.4, 0.5) is 0 Å². The van der Waals surface area contributed by atoms with Crippen molar-refractivity contribution in [3.8, 4) is 5.75 Å². The molecule has 0 aliphatic rings. The number of pyridine rings is 1. The van der Waals surface area contributed by atoms with Crippen molar-refractivity contribution in [3.05, 3.63) is 34.6 Å². The van der Waals surface area contributed by atoms with Gasteiger partial charge in [0.25, 0.3) is 0 Å². The number of hydrogen-bond acceptors (Lipinski definition) is 7. The summed E-state index contributed by atoms with van der Waals surface area (Å²) in [4.78, 5) is 5.23. The Bertz CT molecular complexity index is 545. The molecule has 0 spiro atoms. The highest BCUT2D eigenvalue weighted by Crippen LogP contribution is 2.28. The molecule has 2 aromatic rings. The molecule has 1 atom stereocenters. The van der Waals surface area contributed by atoms with Crippen molar-refractivity contribution in [2.24, 2.45) is 5.84 Å². The highest BCUT2D eigenvalue weighted by molar-refractivity contribution is 7.05. The molecular formula is C13H19N5OS. The number of nitrogens with zero attached hydrogens (tertiary/aromatic N) is 3. The van der Waals surface area contributed by atoms with Crippen LogP contribution in [0.1, 0.15) is 42.4 Å². The lowest BCUT2D eigenvalue weighted by molar-refractivity contribution is 0.315. The molecule has 2 rings (SSSR count). The highest BCUT2D eigenvalue weighted by atomic mass is 32.1.